The number of phenolic OH excluding ortho intramolecular Hbond substituents is 1. The van der Waals surface area contributed by atoms with Gasteiger partial charge in [0.15, 0.2) is 5.75 Å². The highest BCUT2D eigenvalue weighted by Crippen LogP contribution is 2.34. The highest BCUT2D eigenvalue weighted by Gasteiger charge is 2.11. The molecule has 6 heteroatoms. The summed E-state index contributed by atoms with van der Waals surface area (Å²) in [5, 5.41) is 20.9. The monoisotopic (exact) mass is 306 g/mol. The number of amides is 1. The van der Waals surface area contributed by atoms with Crippen LogP contribution in [0.1, 0.15) is 15.9 Å². The van der Waals surface area contributed by atoms with Crippen molar-refractivity contribution >= 4 is 34.8 Å². The highest BCUT2D eigenvalue weighted by molar-refractivity contribution is 6.37. The standard InChI is InChI=1S/C14H8Cl2N2O2/c15-11-5-10(6-12(16)13(11)19)18-14(20)9-3-1-2-8(4-9)7-17/h1-6,19H,(H,18,20). The molecule has 0 spiro atoms. The van der Waals surface area contributed by atoms with Gasteiger partial charge < -0.3 is 10.4 Å². The lowest BCUT2D eigenvalue weighted by Gasteiger charge is -2.08. The SMILES string of the molecule is N#Cc1cccc(C(=O)Nc2cc(Cl)c(O)c(Cl)c2)c1. The van der Waals surface area contributed by atoms with Gasteiger partial charge in [-0.15, -0.1) is 0 Å². The summed E-state index contributed by atoms with van der Waals surface area (Å²) in [6.07, 6.45) is 0. The van der Waals surface area contributed by atoms with Crippen LogP contribution in [-0.2, 0) is 0 Å². The summed E-state index contributed by atoms with van der Waals surface area (Å²) in [6, 6.07) is 11.0. The summed E-state index contributed by atoms with van der Waals surface area (Å²) in [5.74, 6) is -0.641. The Morgan fingerprint density at radius 3 is 2.45 bits per heavy atom. The number of aromatic hydroxyl groups is 1. The average molecular weight is 307 g/mol. The van der Waals surface area contributed by atoms with E-state index in [1.165, 1.54) is 18.2 Å². The summed E-state index contributed by atoms with van der Waals surface area (Å²) in [7, 11) is 0. The molecule has 0 radical (unpaired) electrons. The predicted molar refractivity (Wildman–Crippen MR) is 77.2 cm³/mol. The van der Waals surface area contributed by atoms with Crippen molar-refractivity contribution in [1.82, 2.24) is 0 Å². The molecule has 0 saturated carbocycles. The van der Waals surface area contributed by atoms with Gasteiger partial charge >= 0.3 is 0 Å². The van der Waals surface area contributed by atoms with Crippen LogP contribution in [0.15, 0.2) is 36.4 Å². The van der Waals surface area contributed by atoms with Crippen molar-refractivity contribution in [2.45, 2.75) is 0 Å². The lowest BCUT2D eigenvalue weighted by atomic mass is 10.1. The summed E-state index contributed by atoms with van der Waals surface area (Å²) >= 11 is 11.5. The molecule has 0 aliphatic rings. The largest absolute Gasteiger partial charge is 0.505 e. The number of phenols is 1. The van der Waals surface area contributed by atoms with Crippen molar-refractivity contribution in [1.29, 1.82) is 5.26 Å². The first-order valence-corrected chi connectivity index (χ1v) is 6.26. The molecule has 2 aromatic rings. The fourth-order valence-electron chi connectivity index (χ4n) is 1.57. The number of rotatable bonds is 2. The van der Waals surface area contributed by atoms with E-state index >= 15 is 0 Å². The van der Waals surface area contributed by atoms with Crippen LogP contribution >= 0.6 is 23.2 Å². The Hall–Kier alpha value is -2.22. The van der Waals surface area contributed by atoms with Crippen molar-refractivity contribution in [2.75, 3.05) is 5.32 Å². The molecule has 0 unspecified atom stereocenters. The van der Waals surface area contributed by atoms with Crippen LogP contribution < -0.4 is 5.32 Å². The summed E-state index contributed by atoms with van der Waals surface area (Å²) in [4.78, 5) is 12.0. The second kappa shape index (κ2) is 5.83. The van der Waals surface area contributed by atoms with Gasteiger partial charge in [-0.3, -0.25) is 4.79 Å². The first-order chi connectivity index (χ1) is 9.51. The third-order valence-electron chi connectivity index (χ3n) is 2.53. The molecule has 0 bridgehead atoms. The molecule has 4 nitrogen and oxygen atoms in total. The van der Waals surface area contributed by atoms with E-state index in [0.29, 0.717) is 16.8 Å². The molecule has 0 fully saturated rings. The van der Waals surface area contributed by atoms with E-state index in [9.17, 15) is 9.90 Å². The number of carbonyl (C=O) groups is 1. The Morgan fingerprint density at radius 1 is 1.20 bits per heavy atom. The lowest BCUT2D eigenvalue weighted by molar-refractivity contribution is 0.102. The smallest absolute Gasteiger partial charge is 0.255 e. The van der Waals surface area contributed by atoms with E-state index in [4.69, 9.17) is 28.5 Å². The molecule has 20 heavy (non-hydrogen) atoms. The molecule has 0 atom stereocenters. The van der Waals surface area contributed by atoms with Crippen LogP contribution in [0.3, 0.4) is 0 Å². The molecule has 1 amide bonds. The Balaban J connectivity index is 2.26. The van der Waals surface area contributed by atoms with Gasteiger partial charge in [-0.1, -0.05) is 29.3 Å². The molecule has 2 rings (SSSR count). The maximum absolute atomic E-state index is 12.0. The topological polar surface area (TPSA) is 73.1 Å². The maximum atomic E-state index is 12.0. The van der Waals surface area contributed by atoms with Gasteiger partial charge in [0.05, 0.1) is 21.7 Å². The molecule has 2 N–H and O–H groups in total. The van der Waals surface area contributed by atoms with Crippen molar-refractivity contribution in [3.63, 3.8) is 0 Å². The molecule has 0 aliphatic carbocycles. The number of hydrogen-bond donors (Lipinski definition) is 2. The third-order valence-corrected chi connectivity index (χ3v) is 3.10. The van der Waals surface area contributed by atoms with E-state index in [-0.39, 0.29) is 15.8 Å². The Kier molecular flexibility index (Phi) is 4.14. The number of nitriles is 1. The highest BCUT2D eigenvalue weighted by atomic mass is 35.5. The average Bonchev–Trinajstić information content (AvgIpc) is 2.44. The van der Waals surface area contributed by atoms with Gasteiger partial charge in [0, 0.05) is 11.3 Å². The van der Waals surface area contributed by atoms with Crippen LogP contribution in [0.25, 0.3) is 0 Å². The zero-order valence-electron chi connectivity index (χ0n) is 10.0. The Morgan fingerprint density at radius 2 is 1.85 bits per heavy atom. The van der Waals surface area contributed by atoms with Gasteiger partial charge in [-0.2, -0.15) is 5.26 Å². The molecular formula is C14H8Cl2N2O2. The van der Waals surface area contributed by atoms with Gasteiger partial charge in [0.2, 0.25) is 0 Å². The van der Waals surface area contributed by atoms with E-state index < -0.39 is 5.91 Å². The Labute approximate surface area is 125 Å². The molecule has 0 heterocycles. The van der Waals surface area contributed by atoms with Crippen molar-refractivity contribution in [3.05, 3.63) is 57.6 Å². The van der Waals surface area contributed by atoms with Gasteiger partial charge in [0.1, 0.15) is 0 Å². The zero-order valence-corrected chi connectivity index (χ0v) is 11.5. The van der Waals surface area contributed by atoms with Crippen LogP contribution in [0, 0.1) is 11.3 Å². The van der Waals surface area contributed by atoms with Crippen molar-refractivity contribution in [2.24, 2.45) is 0 Å². The first kappa shape index (κ1) is 14.2. The second-order valence-electron chi connectivity index (χ2n) is 3.94. The van der Waals surface area contributed by atoms with Crippen LogP contribution in [0.2, 0.25) is 10.0 Å². The normalized spacial score (nSPS) is 9.85. The fourth-order valence-corrected chi connectivity index (χ4v) is 2.06. The zero-order chi connectivity index (χ0) is 14.7. The molecule has 0 aromatic heterocycles. The van der Waals surface area contributed by atoms with Crippen molar-refractivity contribution < 1.29 is 9.90 Å². The number of anilines is 1. The molecule has 2 aromatic carbocycles. The van der Waals surface area contributed by atoms with Gasteiger partial charge in [-0.05, 0) is 30.3 Å². The van der Waals surface area contributed by atoms with E-state index in [1.54, 1.807) is 18.2 Å². The molecule has 100 valence electrons. The fraction of sp³-hybridized carbons (Fsp3) is 0. The minimum Gasteiger partial charge on any atom is -0.505 e. The third kappa shape index (κ3) is 3.02. The maximum Gasteiger partial charge on any atom is 0.255 e. The Bertz CT molecular complexity index is 700. The van der Waals surface area contributed by atoms with Gasteiger partial charge in [0.25, 0.3) is 5.91 Å². The second-order valence-corrected chi connectivity index (χ2v) is 4.75. The summed E-state index contributed by atoms with van der Waals surface area (Å²) in [5.41, 5.74) is 1.08. The number of nitrogens with zero attached hydrogens (tertiary/aromatic N) is 1. The molecule has 0 saturated heterocycles. The number of nitrogens with one attached hydrogen (secondary N) is 1. The molecular weight excluding hydrogens is 299 g/mol. The number of halogens is 2. The number of carbonyl (C=O) groups excluding carboxylic acids is 1. The van der Waals surface area contributed by atoms with E-state index in [1.807, 2.05) is 6.07 Å². The van der Waals surface area contributed by atoms with E-state index in [0.717, 1.165) is 0 Å². The molecule has 0 aliphatic heterocycles. The predicted octanol–water partition coefficient (Wildman–Crippen LogP) is 3.82. The van der Waals surface area contributed by atoms with Crippen molar-refractivity contribution in [3.8, 4) is 11.8 Å². The summed E-state index contributed by atoms with van der Waals surface area (Å²) in [6.45, 7) is 0. The lowest BCUT2D eigenvalue weighted by Crippen LogP contribution is -2.12. The minimum absolute atomic E-state index is 0.0403. The number of hydrogen-bond acceptors (Lipinski definition) is 3. The quantitative estimate of drug-likeness (QED) is 0.828. The van der Waals surface area contributed by atoms with Crippen LogP contribution in [0.4, 0.5) is 5.69 Å². The summed E-state index contributed by atoms with van der Waals surface area (Å²) < 4.78 is 0. The minimum atomic E-state index is -0.403. The van der Waals surface area contributed by atoms with Crippen LogP contribution in [-0.4, -0.2) is 11.0 Å². The van der Waals surface area contributed by atoms with Gasteiger partial charge in [-0.25, -0.2) is 0 Å². The van der Waals surface area contributed by atoms with Crippen LogP contribution in [0.5, 0.6) is 5.75 Å². The number of benzene rings is 2. The first-order valence-electron chi connectivity index (χ1n) is 5.51. The van der Waals surface area contributed by atoms with E-state index in [2.05, 4.69) is 5.32 Å².